The minimum atomic E-state index is -3.55. The van der Waals surface area contributed by atoms with Crippen LogP contribution >= 0.6 is 22.7 Å². The second-order valence-corrected chi connectivity index (χ2v) is 13.3. The first-order valence-electron chi connectivity index (χ1n) is 11.8. The van der Waals surface area contributed by atoms with E-state index in [1.165, 1.54) is 36.7 Å². The Kier molecular flexibility index (Phi) is 6.97. The fourth-order valence-corrected chi connectivity index (χ4v) is 7.72. The molecule has 0 saturated carbocycles. The molecule has 2 aromatic heterocycles. The van der Waals surface area contributed by atoms with Gasteiger partial charge in [0.2, 0.25) is 10.0 Å². The first-order valence-corrected chi connectivity index (χ1v) is 14.9. The van der Waals surface area contributed by atoms with Gasteiger partial charge in [-0.3, -0.25) is 9.69 Å². The lowest BCUT2D eigenvalue weighted by molar-refractivity contribution is 0.102. The first kappa shape index (κ1) is 25.0. The molecule has 3 heterocycles. The predicted molar refractivity (Wildman–Crippen MR) is 147 cm³/mol. The van der Waals surface area contributed by atoms with Gasteiger partial charge < -0.3 is 5.32 Å². The quantitative estimate of drug-likeness (QED) is 0.344. The molecule has 10 heteroatoms. The SMILES string of the molecule is CCCN1CCc2c(sc(NC(=O)c3ccc(S(=O)(=O)N(C)C)cc3)c2-c2nc3ccccc3s2)C1. The number of thiazole rings is 1. The van der Waals surface area contributed by atoms with E-state index in [9.17, 15) is 13.2 Å². The lowest BCUT2D eigenvalue weighted by atomic mass is 10.0. The zero-order valence-electron chi connectivity index (χ0n) is 20.4. The van der Waals surface area contributed by atoms with Crippen LogP contribution in [0.2, 0.25) is 0 Å². The van der Waals surface area contributed by atoms with Crippen LogP contribution in [0.25, 0.3) is 20.8 Å². The Bertz CT molecular complexity index is 1490. The van der Waals surface area contributed by atoms with Gasteiger partial charge in [-0.1, -0.05) is 19.1 Å². The highest BCUT2D eigenvalue weighted by molar-refractivity contribution is 7.89. The second kappa shape index (κ2) is 10.0. The van der Waals surface area contributed by atoms with Gasteiger partial charge >= 0.3 is 0 Å². The number of carbonyl (C=O) groups excluding carboxylic acids is 1. The topological polar surface area (TPSA) is 82.6 Å². The van der Waals surface area contributed by atoms with Crippen molar-refractivity contribution in [1.29, 1.82) is 0 Å². The molecule has 7 nitrogen and oxygen atoms in total. The minimum absolute atomic E-state index is 0.154. The summed E-state index contributed by atoms with van der Waals surface area (Å²) in [5.41, 5.74) is 3.65. The Labute approximate surface area is 219 Å². The van der Waals surface area contributed by atoms with E-state index in [2.05, 4.69) is 23.2 Å². The van der Waals surface area contributed by atoms with Gasteiger partial charge in [-0.25, -0.2) is 17.7 Å². The monoisotopic (exact) mass is 540 g/mol. The van der Waals surface area contributed by atoms with Gasteiger partial charge in [0, 0.05) is 43.2 Å². The molecule has 0 unspecified atom stereocenters. The van der Waals surface area contributed by atoms with Crippen molar-refractivity contribution in [2.45, 2.75) is 31.2 Å². The molecule has 36 heavy (non-hydrogen) atoms. The van der Waals surface area contributed by atoms with Crippen molar-refractivity contribution < 1.29 is 13.2 Å². The molecule has 0 saturated heterocycles. The summed E-state index contributed by atoms with van der Waals surface area (Å²) < 4.78 is 27.0. The average Bonchev–Trinajstić information content (AvgIpc) is 3.44. The summed E-state index contributed by atoms with van der Waals surface area (Å²) in [5.74, 6) is -0.268. The number of anilines is 1. The van der Waals surface area contributed by atoms with Crippen LogP contribution in [0.5, 0.6) is 0 Å². The van der Waals surface area contributed by atoms with Crippen LogP contribution in [-0.2, 0) is 23.0 Å². The number of nitrogens with zero attached hydrogens (tertiary/aromatic N) is 3. The van der Waals surface area contributed by atoms with E-state index in [1.807, 2.05) is 18.2 Å². The number of benzene rings is 2. The Morgan fingerprint density at radius 3 is 2.56 bits per heavy atom. The zero-order valence-corrected chi connectivity index (χ0v) is 22.9. The van der Waals surface area contributed by atoms with Crippen molar-refractivity contribution in [1.82, 2.24) is 14.2 Å². The maximum absolute atomic E-state index is 13.3. The number of sulfonamides is 1. The lowest BCUT2D eigenvalue weighted by Gasteiger charge is -2.26. The largest absolute Gasteiger partial charge is 0.313 e. The van der Waals surface area contributed by atoms with Gasteiger partial charge in [0.1, 0.15) is 10.0 Å². The van der Waals surface area contributed by atoms with Gasteiger partial charge in [0.25, 0.3) is 5.91 Å². The lowest BCUT2D eigenvalue weighted by Crippen LogP contribution is -2.30. The number of para-hydroxylation sites is 1. The van der Waals surface area contributed by atoms with Gasteiger partial charge in [0.05, 0.1) is 15.1 Å². The number of amides is 1. The summed E-state index contributed by atoms with van der Waals surface area (Å²) in [6.07, 6.45) is 2.03. The molecule has 0 aliphatic carbocycles. The molecule has 1 aliphatic rings. The average molecular weight is 541 g/mol. The van der Waals surface area contributed by atoms with Crippen LogP contribution in [0.3, 0.4) is 0 Å². The Balaban J connectivity index is 1.50. The third-order valence-electron chi connectivity index (χ3n) is 6.31. The smallest absolute Gasteiger partial charge is 0.256 e. The number of thiophene rings is 1. The maximum Gasteiger partial charge on any atom is 0.256 e. The number of fused-ring (bicyclic) bond motifs is 2. The molecule has 1 N–H and O–H groups in total. The van der Waals surface area contributed by atoms with Crippen molar-refractivity contribution in [3.8, 4) is 10.6 Å². The van der Waals surface area contributed by atoms with E-state index in [4.69, 9.17) is 4.98 Å². The molecular weight excluding hydrogens is 513 g/mol. The number of carbonyl (C=O) groups is 1. The highest BCUT2D eigenvalue weighted by atomic mass is 32.2. The summed E-state index contributed by atoms with van der Waals surface area (Å²) in [4.78, 5) is 22.0. The van der Waals surface area contributed by atoms with Crippen LogP contribution in [0.15, 0.2) is 53.4 Å². The van der Waals surface area contributed by atoms with E-state index < -0.39 is 10.0 Å². The molecule has 1 aliphatic heterocycles. The summed E-state index contributed by atoms with van der Waals surface area (Å²) in [6.45, 7) is 5.11. The van der Waals surface area contributed by atoms with Crippen LogP contribution in [0, 0.1) is 0 Å². The Morgan fingerprint density at radius 2 is 1.86 bits per heavy atom. The van der Waals surface area contributed by atoms with Crippen LogP contribution in [0.1, 0.15) is 34.1 Å². The Morgan fingerprint density at radius 1 is 1.11 bits per heavy atom. The fourth-order valence-electron chi connectivity index (χ4n) is 4.42. The van der Waals surface area contributed by atoms with E-state index in [0.717, 1.165) is 62.6 Å². The normalized spacial score (nSPS) is 14.3. The van der Waals surface area contributed by atoms with Gasteiger partial charge in [0.15, 0.2) is 0 Å². The summed E-state index contributed by atoms with van der Waals surface area (Å²) in [6, 6.07) is 14.1. The third-order valence-corrected chi connectivity index (χ3v) is 10.3. The van der Waals surface area contributed by atoms with E-state index in [0.29, 0.717) is 5.56 Å². The number of nitrogens with one attached hydrogen (secondary N) is 1. The van der Waals surface area contributed by atoms with Crippen molar-refractivity contribution in [2.75, 3.05) is 32.5 Å². The molecule has 0 radical (unpaired) electrons. The Hall–Kier alpha value is -2.63. The third kappa shape index (κ3) is 4.71. The first-order chi connectivity index (χ1) is 17.3. The van der Waals surface area contributed by atoms with Crippen LogP contribution in [0.4, 0.5) is 5.00 Å². The van der Waals surface area contributed by atoms with Crippen molar-refractivity contribution in [2.24, 2.45) is 0 Å². The maximum atomic E-state index is 13.3. The summed E-state index contributed by atoms with van der Waals surface area (Å²) in [7, 11) is -0.582. The summed E-state index contributed by atoms with van der Waals surface area (Å²) >= 11 is 3.26. The molecule has 0 bridgehead atoms. The van der Waals surface area contributed by atoms with Crippen LogP contribution < -0.4 is 5.32 Å². The number of aromatic nitrogens is 1. The van der Waals surface area contributed by atoms with E-state index in [-0.39, 0.29) is 10.8 Å². The highest BCUT2D eigenvalue weighted by Gasteiger charge is 2.28. The molecule has 0 fully saturated rings. The van der Waals surface area contributed by atoms with Crippen molar-refractivity contribution >= 4 is 53.8 Å². The van der Waals surface area contributed by atoms with E-state index in [1.54, 1.807) is 34.8 Å². The number of hydrogen-bond acceptors (Lipinski definition) is 7. The zero-order chi connectivity index (χ0) is 25.4. The molecule has 0 atom stereocenters. The van der Waals surface area contributed by atoms with Gasteiger partial charge in [-0.05, 0) is 61.3 Å². The molecule has 5 rings (SSSR count). The van der Waals surface area contributed by atoms with Crippen LogP contribution in [-0.4, -0.2) is 55.7 Å². The van der Waals surface area contributed by atoms with E-state index >= 15 is 0 Å². The summed E-state index contributed by atoms with van der Waals surface area (Å²) in [5, 5.41) is 4.84. The second-order valence-electron chi connectivity index (χ2n) is 8.99. The molecule has 4 aromatic rings. The molecule has 188 valence electrons. The van der Waals surface area contributed by atoms with Gasteiger partial charge in [-0.15, -0.1) is 22.7 Å². The van der Waals surface area contributed by atoms with Crippen molar-refractivity contribution in [3.63, 3.8) is 0 Å². The standard InChI is InChI=1S/C26H28N4O3S3/c1-4-14-30-15-13-19-22(16-30)35-26(23(19)25-27-20-7-5-6-8-21(20)34-25)28-24(31)17-9-11-18(12-10-17)36(32,33)29(2)3/h5-12H,4,13-16H2,1-3H3,(H,28,31). The highest BCUT2D eigenvalue weighted by Crippen LogP contribution is 2.45. The molecule has 0 spiro atoms. The molecular formula is C26H28N4O3S3. The minimum Gasteiger partial charge on any atom is -0.313 e. The van der Waals surface area contributed by atoms with Crippen molar-refractivity contribution in [3.05, 3.63) is 64.5 Å². The number of hydrogen-bond donors (Lipinski definition) is 1. The molecule has 1 amide bonds. The fraction of sp³-hybridized carbons (Fsp3) is 0.308. The predicted octanol–water partition coefficient (Wildman–Crippen LogP) is 5.30. The van der Waals surface area contributed by atoms with Gasteiger partial charge in [-0.2, -0.15) is 0 Å². The molecule has 2 aromatic carbocycles. The number of rotatable bonds is 7.